The largest absolute Gasteiger partial charge is 0.480 e. The highest BCUT2D eigenvalue weighted by atomic mass is 19.4. The fourth-order valence-electron chi connectivity index (χ4n) is 2.22. The smallest absolute Gasteiger partial charge is 0.417 e. The van der Waals surface area contributed by atoms with Crippen LogP contribution in [0.5, 0.6) is 0 Å². The van der Waals surface area contributed by atoms with Crippen molar-refractivity contribution < 1.29 is 32.3 Å². The Labute approximate surface area is 140 Å². The number of alkyl halides is 3. The molecule has 0 fully saturated rings. The second kappa shape index (κ2) is 7.33. The van der Waals surface area contributed by atoms with E-state index in [0.717, 1.165) is 30.3 Å². The molecule has 8 heteroatoms. The van der Waals surface area contributed by atoms with Crippen molar-refractivity contribution in [2.24, 2.45) is 0 Å². The van der Waals surface area contributed by atoms with Crippen molar-refractivity contribution in [3.8, 4) is 0 Å². The number of rotatable bonds is 5. The summed E-state index contributed by atoms with van der Waals surface area (Å²) in [6, 6.07) is 7.54. The van der Waals surface area contributed by atoms with E-state index in [1.54, 1.807) is 0 Å². The molecule has 0 aliphatic carbocycles. The van der Waals surface area contributed by atoms with Crippen molar-refractivity contribution in [2.45, 2.75) is 18.6 Å². The molecule has 0 saturated heterocycles. The Bertz CT molecular complexity index is 772. The number of carbonyl (C=O) groups is 2. The van der Waals surface area contributed by atoms with Crippen LogP contribution in [0.25, 0.3) is 0 Å². The van der Waals surface area contributed by atoms with Crippen LogP contribution >= 0.6 is 0 Å². The predicted molar refractivity (Wildman–Crippen MR) is 80.4 cm³/mol. The lowest BCUT2D eigenvalue weighted by Crippen LogP contribution is -2.42. The number of aliphatic carboxylic acids is 1. The molecule has 4 nitrogen and oxygen atoms in total. The number of benzene rings is 2. The van der Waals surface area contributed by atoms with E-state index in [-0.39, 0.29) is 6.42 Å². The van der Waals surface area contributed by atoms with Gasteiger partial charge in [0.1, 0.15) is 11.9 Å². The summed E-state index contributed by atoms with van der Waals surface area (Å²) in [6.45, 7) is 0. The molecule has 2 aromatic carbocycles. The van der Waals surface area contributed by atoms with Gasteiger partial charge in [0.25, 0.3) is 5.91 Å². The molecule has 2 N–H and O–H groups in total. The molecule has 1 amide bonds. The van der Waals surface area contributed by atoms with Gasteiger partial charge in [0, 0.05) is 6.42 Å². The number of hydrogen-bond donors (Lipinski definition) is 2. The monoisotopic (exact) mass is 355 g/mol. The molecule has 0 radical (unpaired) electrons. The first-order valence-corrected chi connectivity index (χ1v) is 7.13. The summed E-state index contributed by atoms with van der Waals surface area (Å²) >= 11 is 0. The molecule has 0 bridgehead atoms. The Morgan fingerprint density at radius 2 is 1.64 bits per heavy atom. The van der Waals surface area contributed by atoms with Crippen LogP contribution in [-0.2, 0) is 17.4 Å². The molecule has 0 saturated carbocycles. The van der Waals surface area contributed by atoms with Crippen molar-refractivity contribution in [3.05, 3.63) is 71.0 Å². The molecule has 0 heterocycles. The minimum Gasteiger partial charge on any atom is -0.480 e. The molecule has 0 aromatic heterocycles. The van der Waals surface area contributed by atoms with Crippen LogP contribution in [0, 0.1) is 5.82 Å². The zero-order chi connectivity index (χ0) is 18.6. The Morgan fingerprint density at radius 3 is 2.20 bits per heavy atom. The highest BCUT2D eigenvalue weighted by Gasteiger charge is 2.35. The van der Waals surface area contributed by atoms with Gasteiger partial charge in [-0.3, -0.25) is 4.79 Å². The molecule has 2 aromatic rings. The van der Waals surface area contributed by atoms with Gasteiger partial charge in [-0.2, -0.15) is 13.2 Å². The minimum absolute atomic E-state index is 0.199. The normalized spacial score (nSPS) is 12.5. The van der Waals surface area contributed by atoms with E-state index in [1.807, 2.05) is 0 Å². The van der Waals surface area contributed by atoms with Gasteiger partial charge in [0.05, 0.1) is 11.1 Å². The van der Waals surface area contributed by atoms with Crippen LogP contribution in [0.15, 0.2) is 48.5 Å². The minimum atomic E-state index is -4.75. The summed E-state index contributed by atoms with van der Waals surface area (Å²) in [5.74, 6) is -3.08. The summed E-state index contributed by atoms with van der Waals surface area (Å²) in [5.41, 5.74) is -1.41. The lowest BCUT2D eigenvalue weighted by atomic mass is 10.0. The van der Waals surface area contributed by atoms with Gasteiger partial charge in [-0.25, -0.2) is 9.18 Å². The first-order chi connectivity index (χ1) is 11.7. The van der Waals surface area contributed by atoms with Gasteiger partial charge in [-0.15, -0.1) is 0 Å². The number of carboxylic acid groups (broad SMARTS) is 1. The maximum atomic E-state index is 13.0. The van der Waals surface area contributed by atoms with Crippen LogP contribution in [0.4, 0.5) is 17.6 Å². The number of hydrogen-bond acceptors (Lipinski definition) is 2. The van der Waals surface area contributed by atoms with Crippen molar-refractivity contribution in [3.63, 3.8) is 0 Å². The van der Waals surface area contributed by atoms with Gasteiger partial charge >= 0.3 is 12.1 Å². The zero-order valence-corrected chi connectivity index (χ0v) is 12.7. The number of carbonyl (C=O) groups excluding carboxylic acids is 1. The molecular formula is C17H13F4NO3. The topological polar surface area (TPSA) is 66.4 Å². The lowest BCUT2D eigenvalue weighted by Gasteiger charge is -2.17. The van der Waals surface area contributed by atoms with Crippen molar-refractivity contribution in [1.29, 1.82) is 0 Å². The SMILES string of the molecule is O=C(N[C@@H](Cc1ccc(F)cc1)C(=O)O)c1ccccc1C(F)(F)F. The molecule has 0 spiro atoms. The Balaban J connectivity index is 2.21. The van der Waals surface area contributed by atoms with Crippen LogP contribution in [-0.4, -0.2) is 23.0 Å². The lowest BCUT2D eigenvalue weighted by molar-refractivity contribution is -0.139. The van der Waals surface area contributed by atoms with Crippen LogP contribution < -0.4 is 5.32 Å². The highest BCUT2D eigenvalue weighted by Crippen LogP contribution is 2.31. The number of carboxylic acids is 1. The molecule has 25 heavy (non-hydrogen) atoms. The average Bonchev–Trinajstić information content (AvgIpc) is 2.55. The second-order valence-corrected chi connectivity index (χ2v) is 5.24. The van der Waals surface area contributed by atoms with Crippen LogP contribution in [0.3, 0.4) is 0 Å². The number of halogens is 4. The summed E-state index contributed by atoms with van der Waals surface area (Å²) < 4.78 is 51.8. The van der Waals surface area contributed by atoms with E-state index in [1.165, 1.54) is 18.2 Å². The molecule has 0 aliphatic rings. The molecule has 1 atom stereocenters. The van der Waals surface area contributed by atoms with E-state index < -0.39 is 41.0 Å². The third-order valence-electron chi connectivity index (χ3n) is 3.43. The summed E-state index contributed by atoms with van der Waals surface area (Å²) in [4.78, 5) is 23.4. The van der Waals surface area contributed by atoms with Gasteiger partial charge < -0.3 is 10.4 Å². The Hall–Kier alpha value is -2.90. The van der Waals surface area contributed by atoms with Crippen LogP contribution in [0.2, 0.25) is 0 Å². The molecular weight excluding hydrogens is 342 g/mol. The highest BCUT2D eigenvalue weighted by molar-refractivity contribution is 5.98. The standard InChI is InChI=1S/C17H13F4NO3/c18-11-7-5-10(6-8-11)9-14(16(24)25)22-15(23)12-3-1-2-4-13(12)17(19,20)21/h1-8,14H,9H2,(H,22,23)(H,24,25)/t14-/m0/s1. The van der Waals surface area contributed by atoms with Gasteiger partial charge in [-0.1, -0.05) is 24.3 Å². The Kier molecular flexibility index (Phi) is 5.41. The first kappa shape index (κ1) is 18.4. The summed E-state index contributed by atoms with van der Waals surface area (Å²) in [6.07, 6.45) is -4.95. The zero-order valence-electron chi connectivity index (χ0n) is 12.7. The third kappa shape index (κ3) is 4.79. The van der Waals surface area contributed by atoms with Crippen molar-refractivity contribution >= 4 is 11.9 Å². The maximum Gasteiger partial charge on any atom is 0.417 e. The second-order valence-electron chi connectivity index (χ2n) is 5.24. The Morgan fingerprint density at radius 1 is 1.04 bits per heavy atom. The molecule has 132 valence electrons. The van der Waals surface area contributed by atoms with E-state index >= 15 is 0 Å². The summed E-state index contributed by atoms with van der Waals surface area (Å²) in [5, 5.41) is 11.3. The summed E-state index contributed by atoms with van der Waals surface area (Å²) in [7, 11) is 0. The first-order valence-electron chi connectivity index (χ1n) is 7.13. The predicted octanol–water partition coefficient (Wildman–Crippen LogP) is 3.27. The van der Waals surface area contributed by atoms with Crippen molar-refractivity contribution in [2.75, 3.05) is 0 Å². The molecule has 2 rings (SSSR count). The quantitative estimate of drug-likeness (QED) is 0.809. The fraction of sp³-hybridized carbons (Fsp3) is 0.176. The van der Waals surface area contributed by atoms with Gasteiger partial charge in [-0.05, 0) is 29.8 Å². The van der Waals surface area contributed by atoms with Crippen molar-refractivity contribution in [1.82, 2.24) is 5.32 Å². The molecule has 0 aliphatic heterocycles. The fourth-order valence-corrected chi connectivity index (χ4v) is 2.22. The van der Waals surface area contributed by atoms with Gasteiger partial charge in [0.2, 0.25) is 0 Å². The third-order valence-corrected chi connectivity index (χ3v) is 3.43. The van der Waals surface area contributed by atoms with Gasteiger partial charge in [0.15, 0.2) is 0 Å². The average molecular weight is 355 g/mol. The van der Waals surface area contributed by atoms with E-state index in [4.69, 9.17) is 0 Å². The molecule has 0 unspecified atom stereocenters. The van der Waals surface area contributed by atoms with E-state index in [9.17, 15) is 32.3 Å². The maximum absolute atomic E-state index is 13.0. The number of amides is 1. The van der Waals surface area contributed by atoms with E-state index in [0.29, 0.717) is 5.56 Å². The van der Waals surface area contributed by atoms with E-state index in [2.05, 4.69) is 5.32 Å². The van der Waals surface area contributed by atoms with Crippen LogP contribution in [0.1, 0.15) is 21.5 Å². The number of nitrogens with one attached hydrogen (secondary N) is 1.